The summed E-state index contributed by atoms with van der Waals surface area (Å²) in [5.41, 5.74) is 8.42. The number of carbonyl (C=O) groups is 1. The maximum absolute atomic E-state index is 13.4. The third kappa shape index (κ3) is 4.90. The molecule has 0 aliphatic carbocycles. The first-order valence-electron chi connectivity index (χ1n) is 13.4. The summed E-state index contributed by atoms with van der Waals surface area (Å²) in [5.74, 6) is 1.64. The fourth-order valence-electron chi connectivity index (χ4n) is 5.89. The second-order valence-corrected chi connectivity index (χ2v) is 11.7. The molecule has 4 aromatic rings. The molecule has 0 atom stereocenters. The Labute approximate surface area is 228 Å². The zero-order chi connectivity index (χ0) is 26.2. The Morgan fingerprint density at radius 2 is 1.95 bits per heavy atom. The van der Waals surface area contributed by atoms with Crippen LogP contribution in [-0.2, 0) is 13.0 Å². The van der Waals surface area contributed by atoms with Crippen LogP contribution in [0.2, 0.25) is 0 Å². The lowest BCUT2D eigenvalue weighted by molar-refractivity contribution is 0.0747. The molecule has 8 heteroatoms. The van der Waals surface area contributed by atoms with Crippen LogP contribution in [0, 0.1) is 12.8 Å². The van der Waals surface area contributed by atoms with Gasteiger partial charge in [-0.25, -0.2) is 9.97 Å². The van der Waals surface area contributed by atoms with Crippen LogP contribution < -0.4 is 4.90 Å². The summed E-state index contributed by atoms with van der Waals surface area (Å²) in [7, 11) is 4.12. The Bertz CT molecular complexity index is 1460. The average molecular weight is 527 g/mol. The van der Waals surface area contributed by atoms with Gasteiger partial charge in [-0.3, -0.25) is 9.78 Å². The molecule has 1 saturated heterocycles. The minimum absolute atomic E-state index is 0.112. The summed E-state index contributed by atoms with van der Waals surface area (Å²) in [6.45, 7) is 6.77. The molecule has 0 saturated carbocycles. The summed E-state index contributed by atoms with van der Waals surface area (Å²) in [4.78, 5) is 34.7. The van der Waals surface area contributed by atoms with Gasteiger partial charge >= 0.3 is 0 Å². The van der Waals surface area contributed by atoms with Crippen molar-refractivity contribution in [2.45, 2.75) is 32.7 Å². The van der Waals surface area contributed by atoms with Crippen LogP contribution in [0.4, 0.5) is 5.82 Å². The van der Waals surface area contributed by atoms with Gasteiger partial charge in [0.2, 0.25) is 0 Å². The fourth-order valence-corrected chi connectivity index (χ4v) is 6.50. The van der Waals surface area contributed by atoms with E-state index in [9.17, 15) is 4.79 Å². The zero-order valence-corrected chi connectivity index (χ0v) is 23.2. The number of hydrogen-bond acceptors (Lipinski definition) is 7. The van der Waals surface area contributed by atoms with Gasteiger partial charge in [0.15, 0.2) is 0 Å². The zero-order valence-electron chi connectivity index (χ0n) is 22.4. The summed E-state index contributed by atoms with van der Waals surface area (Å²) in [5, 5.41) is 1.06. The molecule has 38 heavy (non-hydrogen) atoms. The molecule has 2 aromatic carbocycles. The van der Waals surface area contributed by atoms with Gasteiger partial charge in [0, 0.05) is 43.8 Å². The molecule has 196 valence electrons. The van der Waals surface area contributed by atoms with Gasteiger partial charge < -0.3 is 14.7 Å². The Balaban J connectivity index is 1.25. The van der Waals surface area contributed by atoms with E-state index in [4.69, 9.17) is 4.98 Å². The van der Waals surface area contributed by atoms with E-state index in [1.54, 1.807) is 17.7 Å². The molecule has 2 aliphatic heterocycles. The van der Waals surface area contributed by atoms with Crippen molar-refractivity contribution < 1.29 is 4.79 Å². The lowest BCUT2D eigenvalue weighted by Crippen LogP contribution is -2.38. The Morgan fingerprint density at radius 1 is 1.11 bits per heavy atom. The molecule has 4 heterocycles. The van der Waals surface area contributed by atoms with E-state index in [-0.39, 0.29) is 5.91 Å². The quantitative estimate of drug-likeness (QED) is 0.363. The summed E-state index contributed by atoms with van der Waals surface area (Å²) in [6, 6.07) is 10.6. The molecule has 0 spiro atoms. The molecule has 0 unspecified atom stereocenters. The minimum atomic E-state index is 0.112. The summed E-state index contributed by atoms with van der Waals surface area (Å²) in [6.07, 6.45) is 6.82. The fraction of sp³-hybridized carbons (Fsp3) is 0.400. The van der Waals surface area contributed by atoms with Gasteiger partial charge in [-0.1, -0.05) is 6.07 Å². The molecule has 2 aliphatic rings. The minimum Gasteiger partial charge on any atom is -0.351 e. The number of fused-ring (bicyclic) bond motifs is 2. The van der Waals surface area contributed by atoms with Crippen LogP contribution in [0.25, 0.3) is 21.3 Å². The molecule has 0 N–H and O–H groups in total. The lowest BCUT2D eigenvalue weighted by atomic mass is 9.95. The number of thiazole rings is 1. The van der Waals surface area contributed by atoms with E-state index in [0.717, 1.165) is 90.3 Å². The van der Waals surface area contributed by atoms with Crippen LogP contribution in [0.3, 0.4) is 0 Å². The first-order valence-corrected chi connectivity index (χ1v) is 14.3. The average Bonchev–Trinajstić information content (AvgIpc) is 3.48. The Morgan fingerprint density at radius 3 is 2.74 bits per heavy atom. The summed E-state index contributed by atoms with van der Waals surface area (Å²) < 4.78 is 0. The van der Waals surface area contributed by atoms with Gasteiger partial charge in [0.1, 0.15) is 12.1 Å². The largest absolute Gasteiger partial charge is 0.351 e. The molecule has 1 amide bonds. The molecular weight excluding hydrogens is 492 g/mol. The number of anilines is 1. The number of benzene rings is 2. The topological polar surface area (TPSA) is 65.5 Å². The van der Waals surface area contributed by atoms with Crippen molar-refractivity contribution in [1.29, 1.82) is 0 Å². The Kier molecular flexibility index (Phi) is 6.84. The number of hydrogen-bond donors (Lipinski definition) is 0. The smallest absolute Gasteiger partial charge is 0.253 e. The molecule has 7 nitrogen and oxygen atoms in total. The van der Waals surface area contributed by atoms with Gasteiger partial charge in [-0.2, -0.15) is 0 Å². The molecular formula is C30H34N6OS. The maximum Gasteiger partial charge on any atom is 0.253 e. The number of piperidine rings is 1. The third-order valence-electron chi connectivity index (χ3n) is 8.11. The Hall–Kier alpha value is -3.36. The highest BCUT2D eigenvalue weighted by Crippen LogP contribution is 2.34. The van der Waals surface area contributed by atoms with Gasteiger partial charge in [0.25, 0.3) is 5.91 Å². The van der Waals surface area contributed by atoms with Gasteiger partial charge in [-0.15, -0.1) is 11.3 Å². The van der Waals surface area contributed by atoms with E-state index in [1.165, 1.54) is 11.1 Å². The van der Waals surface area contributed by atoms with Crippen LogP contribution in [0.1, 0.15) is 39.9 Å². The summed E-state index contributed by atoms with van der Waals surface area (Å²) >= 11 is 1.64. The van der Waals surface area contributed by atoms with Crippen molar-refractivity contribution in [3.05, 3.63) is 70.6 Å². The number of nitrogens with zero attached hydrogens (tertiary/aromatic N) is 6. The third-order valence-corrected chi connectivity index (χ3v) is 8.93. The van der Waals surface area contributed by atoms with E-state index in [1.807, 2.05) is 29.7 Å². The van der Waals surface area contributed by atoms with Crippen LogP contribution in [0.5, 0.6) is 0 Å². The van der Waals surface area contributed by atoms with E-state index < -0.39 is 0 Å². The van der Waals surface area contributed by atoms with E-state index in [0.29, 0.717) is 5.92 Å². The van der Waals surface area contributed by atoms with Crippen molar-refractivity contribution in [3.63, 3.8) is 0 Å². The first-order chi connectivity index (χ1) is 18.5. The second kappa shape index (κ2) is 10.4. The second-order valence-electron chi connectivity index (χ2n) is 10.8. The van der Waals surface area contributed by atoms with Crippen molar-refractivity contribution in [3.8, 4) is 10.4 Å². The number of aromatic nitrogens is 3. The number of amides is 1. The van der Waals surface area contributed by atoms with Crippen molar-refractivity contribution in [1.82, 2.24) is 24.8 Å². The molecule has 1 fully saturated rings. The number of carbonyl (C=O) groups excluding carboxylic acids is 1. The van der Waals surface area contributed by atoms with E-state index in [2.05, 4.69) is 58.0 Å². The van der Waals surface area contributed by atoms with Crippen LogP contribution >= 0.6 is 11.3 Å². The number of aryl methyl sites for hydroxylation is 1. The standard InChI is InChI=1S/C30H34N6OS/c1-20-12-24(27-15-31-19-38-27)14-26-28(20)32-18-33-29(26)36-11-8-22-4-5-23(13-25(22)17-36)30(37)35(3)16-21-6-9-34(2)10-7-21/h4-5,12-15,18-19,21H,6-11,16-17H2,1-3H3. The normalized spacial score (nSPS) is 16.6. The lowest BCUT2D eigenvalue weighted by Gasteiger charge is -2.32. The van der Waals surface area contributed by atoms with Crippen LogP contribution in [-0.4, -0.2) is 70.9 Å². The predicted molar refractivity (Wildman–Crippen MR) is 154 cm³/mol. The van der Waals surface area contributed by atoms with Crippen molar-refractivity contribution in [2.75, 3.05) is 45.2 Å². The maximum atomic E-state index is 13.4. The highest BCUT2D eigenvalue weighted by Gasteiger charge is 2.24. The molecule has 0 radical (unpaired) electrons. The van der Waals surface area contributed by atoms with E-state index >= 15 is 0 Å². The monoisotopic (exact) mass is 526 g/mol. The van der Waals surface area contributed by atoms with Crippen LogP contribution in [0.15, 0.2) is 48.4 Å². The number of likely N-dealkylation sites (tertiary alicyclic amines) is 1. The SMILES string of the molecule is Cc1cc(-c2cncs2)cc2c(N3CCc4ccc(C(=O)N(C)CC5CCN(C)CC5)cc4C3)ncnc12. The molecule has 0 bridgehead atoms. The number of rotatable bonds is 5. The highest BCUT2D eigenvalue weighted by molar-refractivity contribution is 7.13. The molecule has 2 aromatic heterocycles. The first kappa shape index (κ1) is 24.9. The van der Waals surface area contributed by atoms with Crippen molar-refractivity contribution >= 4 is 34.0 Å². The van der Waals surface area contributed by atoms with Crippen molar-refractivity contribution in [2.24, 2.45) is 5.92 Å². The highest BCUT2D eigenvalue weighted by atomic mass is 32.1. The van der Waals surface area contributed by atoms with Gasteiger partial charge in [-0.05, 0) is 98.8 Å². The predicted octanol–water partition coefficient (Wildman–Crippen LogP) is 5.04. The molecule has 6 rings (SSSR count). The van der Waals surface area contributed by atoms with Gasteiger partial charge in [0.05, 0.1) is 15.9 Å².